The summed E-state index contributed by atoms with van der Waals surface area (Å²) >= 11 is 1.38. The zero-order valence-corrected chi connectivity index (χ0v) is 12.6. The molecule has 3 rings (SSSR count). The number of carbonyl (C=O) groups excluding carboxylic acids is 2. The lowest BCUT2D eigenvalue weighted by molar-refractivity contribution is -0.141. The molecule has 112 valence electrons. The number of hydrogen-bond acceptors (Lipinski definition) is 5. The SMILES string of the molecule is Nc1cnccc1SC1CC(=O)N(C2CCCCC2)C1=O. The Kier molecular flexibility index (Phi) is 4.14. The third-order valence-electron chi connectivity index (χ3n) is 4.16. The number of carbonyl (C=O) groups is 2. The summed E-state index contributed by atoms with van der Waals surface area (Å²) in [6, 6.07) is 1.90. The maximum absolute atomic E-state index is 12.6. The molecule has 2 N–H and O–H groups in total. The molecule has 1 unspecified atom stereocenters. The highest BCUT2D eigenvalue weighted by Gasteiger charge is 2.43. The van der Waals surface area contributed by atoms with Crippen LogP contribution in [0.15, 0.2) is 23.4 Å². The van der Waals surface area contributed by atoms with Crippen molar-refractivity contribution in [1.29, 1.82) is 0 Å². The smallest absolute Gasteiger partial charge is 0.243 e. The van der Waals surface area contributed by atoms with Gasteiger partial charge in [0.05, 0.1) is 17.1 Å². The van der Waals surface area contributed by atoms with Crippen LogP contribution >= 0.6 is 11.8 Å². The number of thioether (sulfide) groups is 1. The predicted molar refractivity (Wildman–Crippen MR) is 81.6 cm³/mol. The molecule has 2 aliphatic rings. The molecule has 2 heterocycles. The lowest BCUT2D eigenvalue weighted by atomic mass is 9.94. The van der Waals surface area contributed by atoms with E-state index in [-0.39, 0.29) is 29.5 Å². The summed E-state index contributed by atoms with van der Waals surface area (Å²) in [4.78, 5) is 31.1. The molecule has 21 heavy (non-hydrogen) atoms. The van der Waals surface area contributed by atoms with Crippen molar-refractivity contribution >= 4 is 29.3 Å². The van der Waals surface area contributed by atoms with Crippen LogP contribution in [0, 0.1) is 0 Å². The molecular weight excluding hydrogens is 286 g/mol. The fraction of sp³-hybridized carbons (Fsp3) is 0.533. The molecule has 6 heteroatoms. The van der Waals surface area contributed by atoms with Crippen LogP contribution in [0.5, 0.6) is 0 Å². The number of nitrogen functional groups attached to an aromatic ring is 1. The Morgan fingerprint density at radius 3 is 2.71 bits per heavy atom. The first-order valence-electron chi connectivity index (χ1n) is 7.39. The maximum atomic E-state index is 12.6. The van der Waals surface area contributed by atoms with Crippen molar-refractivity contribution in [2.24, 2.45) is 0 Å². The Labute approximate surface area is 128 Å². The van der Waals surface area contributed by atoms with Crippen LogP contribution in [0.25, 0.3) is 0 Å². The van der Waals surface area contributed by atoms with E-state index in [1.54, 1.807) is 18.5 Å². The molecule has 1 aromatic rings. The number of rotatable bonds is 3. The molecular formula is C15H19N3O2S. The van der Waals surface area contributed by atoms with E-state index in [1.165, 1.54) is 23.1 Å². The fourth-order valence-corrected chi connectivity index (χ4v) is 4.17. The van der Waals surface area contributed by atoms with E-state index < -0.39 is 0 Å². The van der Waals surface area contributed by atoms with Crippen LogP contribution < -0.4 is 5.73 Å². The van der Waals surface area contributed by atoms with Gasteiger partial charge in [0, 0.05) is 23.6 Å². The molecule has 1 aliphatic carbocycles. The van der Waals surface area contributed by atoms with Crippen LogP contribution in [-0.2, 0) is 9.59 Å². The number of pyridine rings is 1. The second-order valence-corrected chi connectivity index (χ2v) is 6.86. The van der Waals surface area contributed by atoms with Crippen molar-refractivity contribution in [2.45, 2.75) is 54.7 Å². The van der Waals surface area contributed by atoms with Gasteiger partial charge in [-0.2, -0.15) is 0 Å². The number of anilines is 1. The molecule has 5 nitrogen and oxygen atoms in total. The highest BCUT2D eigenvalue weighted by atomic mass is 32.2. The third kappa shape index (κ3) is 2.90. The molecule has 1 saturated heterocycles. The summed E-state index contributed by atoms with van der Waals surface area (Å²) in [5, 5.41) is -0.343. The lowest BCUT2D eigenvalue weighted by Crippen LogP contribution is -2.41. The molecule has 2 fully saturated rings. The first kappa shape index (κ1) is 14.4. The highest BCUT2D eigenvalue weighted by molar-refractivity contribution is 8.00. The number of hydrogen-bond donors (Lipinski definition) is 1. The van der Waals surface area contributed by atoms with E-state index >= 15 is 0 Å². The molecule has 1 aliphatic heterocycles. The normalized spacial score (nSPS) is 23.8. The molecule has 1 aromatic heterocycles. The number of aromatic nitrogens is 1. The van der Waals surface area contributed by atoms with Crippen molar-refractivity contribution in [3.05, 3.63) is 18.5 Å². The van der Waals surface area contributed by atoms with E-state index in [0.717, 1.165) is 30.6 Å². The van der Waals surface area contributed by atoms with Crippen LogP contribution in [-0.4, -0.2) is 33.0 Å². The monoisotopic (exact) mass is 305 g/mol. The van der Waals surface area contributed by atoms with Gasteiger partial charge in [-0.25, -0.2) is 0 Å². The standard InChI is InChI=1S/C15H19N3O2S/c16-11-9-17-7-6-12(11)21-13-8-14(19)18(15(13)20)10-4-2-1-3-5-10/h6-7,9-10,13H,1-5,8,16H2. The van der Waals surface area contributed by atoms with Gasteiger partial charge in [0.25, 0.3) is 0 Å². The van der Waals surface area contributed by atoms with Gasteiger partial charge in [-0.05, 0) is 18.9 Å². The van der Waals surface area contributed by atoms with Crippen molar-refractivity contribution < 1.29 is 9.59 Å². The minimum absolute atomic E-state index is 0.0305. The molecule has 0 aromatic carbocycles. The largest absolute Gasteiger partial charge is 0.397 e. The van der Waals surface area contributed by atoms with Gasteiger partial charge in [0.15, 0.2) is 0 Å². The topological polar surface area (TPSA) is 76.3 Å². The van der Waals surface area contributed by atoms with Gasteiger partial charge in [0.2, 0.25) is 11.8 Å². The summed E-state index contributed by atoms with van der Waals surface area (Å²) in [5.41, 5.74) is 6.42. The summed E-state index contributed by atoms with van der Waals surface area (Å²) in [5.74, 6) is -0.0786. The number of nitrogens with two attached hydrogens (primary N) is 1. The quantitative estimate of drug-likeness (QED) is 0.867. The molecule has 0 radical (unpaired) electrons. The van der Waals surface area contributed by atoms with Gasteiger partial charge in [-0.1, -0.05) is 19.3 Å². The van der Waals surface area contributed by atoms with E-state index in [9.17, 15) is 9.59 Å². The molecule has 1 saturated carbocycles. The summed E-state index contributed by atoms with van der Waals surface area (Å²) in [6.45, 7) is 0. The van der Waals surface area contributed by atoms with E-state index in [2.05, 4.69) is 4.98 Å². The number of nitrogens with zero attached hydrogens (tertiary/aromatic N) is 2. The molecule has 2 amide bonds. The van der Waals surface area contributed by atoms with Crippen molar-refractivity contribution in [2.75, 3.05) is 5.73 Å². The molecule has 0 bridgehead atoms. The Bertz CT molecular complexity index is 558. The van der Waals surface area contributed by atoms with Crippen LogP contribution in [0.3, 0.4) is 0 Å². The van der Waals surface area contributed by atoms with Gasteiger partial charge in [-0.3, -0.25) is 19.5 Å². The highest BCUT2D eigenvalue weighted by Crippen LogP contribution is 2.36. The summed E-state index contributed by atoms with van der Waals surface area (Å²) in [6.07, 6.45) is 8.83. The second-order valence-electron chi connectivity index (χ2n) is 5.62. The average Bonchev–Trinajstić information content (AvgIpc) is 2.77. The third-order valence-corrected chi connectivity index (χ3v) is 5.44. The first-order valence-corrected chi connectivity index (χ1v) is 8.27. The Balaban J connectivity index is 1.72. The minimum Gasteiger partial charge on any atom is -0.397 e. The van der Waals surface area contributed by atoms with E-state index in [1.807, 2.05) is 0 Å². The first-order chi connectivity index (χ1) is 10.2. The zero-order chi connectivity index (χ0) is 14.8. The summed E-state index contributed by atoms with van der Waals surface area (Å²) in [7, 11) is 0. The van der Waals surface area contributed by atoms with Crippen molar-refractivity contribution in [1.82, 2.24) is 9.88 Å². The second kappa shape index (κ2) is 6.05. The van der Waals surface area contributed by atoms with Crippen molar-refractivity contribution in [3.8, 4) is 0 Å². The van der Waals surface area contributed by atoms with E-state index in [0.29, 0.717) is 5.69 Å². The fourth-order valence-electron chi connectivity index (χ4n) is 3.09. The van der Waals surface area contributed by atoms with Crippen LogP contribution in [0.4, 0.5) is 5.69 Å². The number of likely N-dealkylation sites (tertiary alicyclic amines) is 1. The van der Waals surface area contributed by atoms with Crippen molar-refractivity contribution in [3.63, 3.8) is 0 Å². The van der Waals surface area contributed by atoms with Gasteiger partial charge in [-0.15, -0.1) is 11.8 Å². The molecule has 0 spiro atoms. The Morgan fingerprint density at radius 1 is 1.24 bits per heavy atom. The van der Waals surface area contributed by atoms with Gasteiger partial charge >= 0.3 is 0 Å². The number of imide groups is 1. The van der Waals surface area contributed by atoms with E-state index in [4.69, 9.17) is 5.73 Å². The minimum atomic E-state index is -0.343. The zero-order valence-electron chi connectivity index (χ0n) is 11.8. The maximum Gasteiger partial charge on any atom is 0.243 e. The Morgan fingerprint density at radius 2 is 2.00 bits per heavy atom. The van der Waals surface area contributed by atoms with Crippen LogP contribution in [0.2, 0.25) is 0 Å². The van der Waals surface area contributed by atoms with Gasteiger partial charge in [0.1, 0.15) is 0 Å². The predicted octanol–water partition coefficient (Wildman–Crippen LogP) is 2.22. The van der Waals surface area contributed by atoms with Crippen LogP contribution in [0.1, 0.15) is 38.5 Å². The Hall–Kier alpha value is -1.56. The lowest BCUT2D eigenvalue weighted by Gasteiger charge is -2.29. The summed E-state index contributed by atoms with van der Waals surface area (Å²) < 4.78 is 0. The average molecular weight is 305 g/mol. The van der Waals surface area contributed by atoms with Gasteiger partial charge < -0.3 is 5.73 Å². The number of amides is 2. The molecule has 1 atom stereocenters.